The Morgan fingerprint density at radius 2 is 1.62 bits per heavy atom. The van der Waals surface area contributed by atoms with Crippen LogP contribution in [0, 0.1) is 0 Å². The van der Waals surface area contributed by atoms with Gasteiger partial charge in [0.05, 0.1) is 12.2 Å². The van der Waals surface area contributed by atoms with Gasteiger partial charge in [-0.3, -0.25) is 0 Å². The summed E-state index contributed by atoms with van der Waals surface area (Å²) in [5.41, 5.74) is 4.60. The number of nitrogens with zero attached hydrogens (tertiary/aromatic N) is 3. The molecule has 3 nitrogen and oxygen atoms in total. The lowest BCUT2D eigenvalue weighted by Gasteiger charge is -2.04. The molecule has 3 aromatic rings. The van der Waals surface area contributed by atoms with Gasteiger partial charge in [0.2, 0.25) is 0 Å². The molecule has 0 amide bonds. The van der Waals surface area contributed by atoms with Crippen molar-refractivity contribution in [1.82, 2.24) is 15.0 Å². The predicted octanol–water partition coefficient (Wildman–Crippen LogP) is 3.77. The first-order valence-electron chi connectivity index (χ1n) is 6.94. The molecule has 21 heavy (non-hydrogen) atoms. The molecule has 0 bridgehead atoms. The zero-order valence-electron chi connectivity index (χ0n) is 11.6. The maximum Gasteiger partial charge on any atom is 0.0839 e. The third-order valence-corrected chi connectivity index (χ3v) is 3.53. The van der Waals surface area contributed by atoms with Crippen molar-refractivity contribution in [3.8, 4) is 11.1 Å². The fourth-order valence-electron chi connectivity index (χ4n) is 2.25. The lowest BCUT2D eigenvalue weighted by atomic mass is 10.0. The van der Waals surface area contributed by atoms with E-state index in [2.05, 4.69) is 58.8 Å². The van der Waals surface area contributed by atoms with E-state index in [4.69, 9.17) is 11.6 Å². The molecule has 0 radical (unpaired) electrons. The first-order valence-corrected chi connectivity index (χ1v) is 7.48. The van der Waals surface area contributed by atoms with E-state index in [0.717, 1.165) is 18.7 Å². The minimum Gasteiger partial charge on any atom is -0.248 e. The summed E-state index contributed by atoms with van der Waals surface area (Å²) in [7, 11) is 0. The molecular weight excluding hydrogens is 282 g/mol. The molecule has 1 heterocycles. The Labute approximate surface area is 129 Å². The highest BCUT2D eigenvalue weighted by molar-refractivity contribution is 6.17. The van der Waals surface area contributed by atoms with E-state index < -0.39 is 0 Å². The molecule has 3 rings (SSSR count). The van der Waals surface area contributed by atoms with Gasteiger partial charge in [0.1, 0.15) is 0 Å². The van der Waals surface area contributed by atoms with Crippen LogP contribution in [0.1, 0.15) is 11.3 Å². The highest BCUT2D eigenvalue weighted by Gasteiger charge is 2.02. The van der Waals surface area contributed by atoms with E-state index in [0.29, 0.717) is 5.88 Å². The average Bonchev–Trinajstić information content (AvgIpc) is 2.97. The quantitative estimate of drug-likeness (QED) is 0.671. The number of halogens is 1. The van der Waals surface area contributed by atoms with Gasteiger partial charge < -0.3 is 0 Å². The summed E-state index contributed by atoms with van der Waals surface area (Å²) in [4.78, 5) is 0. The average molecular weight is 298 g/mol. The molecule has 0 unspecified atom stereocenters. The number of hydrogen-bond donors (Lipinski definition) is 0. The molecule has 0 N–H and O–H groups in total. The van der Waals surface area contributed by atoms with E-state index in [1.165, 1.54) is 16.7 Å². The van der Waals surface area contributed by atoms with Crippen molar-refractivity contribution in [3.63, 3.8) is 0 Å². The normalized spacial score (nSPS) is 10.7. The molecule has 0 spiro atoms. The molecule has 0 saturated heterocycles. The molecule has 0 aliphatic heterocycles. The van der Waals surface area contributed by atoms with Crippen LogP contribution >= 0.6 is 11.6 Å². The Hall–Kier alpha value is -2.13. The molecular formula is C17H16ClN3. The van der Waals surface area contributed by atoms with Crippen LogP contribution in [0.4, 0.5) is 0 Å². The van der Waals surface area contributed by atoms with Crippen LogP contribution in [0.15, 0.2) is 60.8 Å². The lowest BCUT2D eigenvalue weighted by molar-refractivity contribution is 0.649. The van der Waals surface area contributed by atoms with Crippen molar-refractivity contribution in [2.24, 2.45) is 0 Å². The highest BCUT2D eigenvalue weighted by Crippen LogP contribution is 2.19. The maximum atomic E-state index is 5.70. The molecule has 0 fully saturated rings. The van der Waals surface area contributed by atoms with Crippen LogP contribution in [0.5, 0.6) is 0 Å². The van der Waals surface area contributed by atoms with Gasteiger partial charge >= 0.3 is 0 Å². The Morgan fingerprint density at radius 1 is 0.905 bits per heavy atom. The van der Waals surface area contributed by atoms with Crippen molar-refractivity contribution >= 4 is 11.6 Å². The van der Waals surface area contributed by atoms with Gasteiger partial charge in [-0.15, -0.1) is 16.7 Å². The monoisotopic (exact) mass is 297 g/mol. The first-order chi connectivity index (χ1) is 10.3. The van der Waals surface area contributed by atoms with Crippen molar-refractivity contribution in [2.75, 3.05) is 5.88 Å². The predicted molar refractivity (Wildman–Crippen MR) is 85.4 cm³/mol. The summed E-state index contributed by atoms with van der Waals surface area (Å²) in [6.07, 6.45) is 2.71. The Balaban J connectivity index is 1.72. The van der Waals surface area contributed by atoms with Crippen LogP contribution in [0.3, 0.4) is 0 Å². The van der Waals surface area contributed by atoms with Gasteiger partial charge in [-0.05, 0) is 16.7 Å². The van der Waals surface area contributed by atoms with E-state index in [1.54, 1.807) is 0 Å². The molecule has 0 atom stereocenters. The van der Waals surface area contributed by atoms with Crippen LogP contribution in [-0.4, -0.2) is 20.9 Å². The molecule has 4 heteroatoms. The van der Waals surface area contributed by atoms with Crippen molar-refractivity contribution in [2.45, 2.75) is 13.0 Å². The summed E-state index contributed by atoms with van der Waals surface area (Å²) in [6, 6.07) is 18.9. The second-order valence-corrected chi connectivity index (χ2v) is 5.29. The lowest BCUT2D eigenvalue weighted by Crippen LogP contribution is -2.00. The summed E-state index contributed by atoms with van der Waals surface area (Å²) >= 11 is 5.70. The minimum atomic E-state index is 0.574. The maximum absolute atomic E-state index is 5.70. The molecule has 1 aromatic heterocycles. The van der Waals surface area contributed by atoms with Crippen LogP contribution in [0.2, 0.25) is 0 Å². The molecule has 106 valence electrons. The number of aryl methyl sites for hydroxylation is 1. The third kappa shape index (κ3) is 3.50. The van der Waals surface area contributed by atoms with Gasteiger partial charge in [0.15, 0.2) is 0 Å². The Kier molecular flexibility index (Phi) is 4.31. The van der Waals surface area contributed by atoms with E-state index >= 15 is 0 Å². The third-order valence-electron chi connectivity index (χ3n) is 3.34. The fraction of sp³-hybridized carbons (Fsp3) is 0.176. The van der Waals surface area contributed by atoms with Crippen molar-refractivity contribution < 1.29 is 0 Å². The smallest absolute Gasteiger partial charge is 0.0839 e. The number of hydrogen-bond acceptors (Lipinski definition) is 2. The molecule has 0 saturated carbocycles. The standard InChI is InChI=1S/C17H16ClN3/c18-11-10-17-13-21(20-19-17)12-14-6-8-16(9-7-14)15-4-2-1-3-5-15/h1-9,13H,10-12H2. The van der Waals surface area contributed by atoms with E-state index in [9.17, 15) is 0 Å². The summed E-state index contributed by atoms with van der Waals surface area (Å²) in [5, 5.41) is 8.21. The summed E-state index contributed by atoms with van der Waals surface area (Å²) in [6.45, 7) is 0.727. The minimum absolute atomic E-state index is 0.574. The molecule has 2 aromatic carbocycles. The highest BCUT2D eigenvalue weighted by atomic mass is 35.5. The zero-order chi connectivity index (χ0) is 14.5. The van der Waals surface area contributed by atoms with Gasteiger partial charge in [-0.1, -0.05) is 59.8 Å². The van der Waals surface area contributed by atoms with E-state index in [-0.39, 0.29) is 0 Å². The van der Waals surface area contributed by atoms with Crippen LogP contribution in [0.25, 0.3) is 11.1 Å². The van der Waals surface area contributed by atoms with Crippen molar-refractivity contribution in [3.05, 3.63) is 72.1 Å². The van der Waals surface area contributed by atoms with Crippen LogP contribution in [-0.2, 0) is 13.0 Å². The van der Waals surface area contributed by atoms with Crippen molar-refractivity contribution in [1.29, 1.82) is 0 Å². The largest absolute Gasteiger partial charge is 0.248 e. The van der Waals surface area contributed by atoms with Gasteiger partial charge in [-0.2, -0.15) is 0 Å². The SMILES string of the molecule is ClCCc1cn(Cc2ccc(-c3ccccc3)cc2)nn1. The number of benzene rings is 2. The molecule has 0 aliphatic carbocycles. The summed E-state index contributed by atoms with van der Waals surface area (Å²) in [5.74, 6) is 0.574. The van der Waals surface area contributed by atoms with Gasteiger partial charge in [-0.25, -0.2) is 4.68 Å². The Bertz CT molecular complexity index is 690. The fourth-order valence-corrected chi connectivity index (χ4v) is 2.44. The van der Waals surface area contributed by atoms with Crippen LogP contribution < -0.4 is 0 Å². The second-order valence-electron chi connectivity index (χ2n) is 4.91. The number of aromatic nitrogens is 3. The first kappa shape index (κ1) is 13.8. The summed E-state index contributed by atoms with van der Waals surface area (Å²) < 4.78 is 1.85. The second kappa shape index (κ2) is 6.55. The van der Waals surface area contributed by atoms with E-state index in [1.807, 2.05) is 16.9 Å². The number of rotatable bonds is 5. The zero-order valence-corrected chi connectivity index (χ0v) is 12.4. The Morgan fingerprint density at radius 3 is 2.33 bits per heavy atom. The van der Waals surface area contributed by atoms with Gasteiger partial charge in [0.25, 0.3) is 0 Å². The van der Waals surface area contributed by atoms with Gasteiger partial charge in [0, 0.05) is 18.5 Å². The molecule has 0 aliphatic rings. The topological polar surface area (TPSA) is 30.7 Å². The number of alkyl halides is 1.